The Bertz CT molecular complexity index is 258. The highest BCUT2D eigenvalue weighted by Gasteiger charge is 2.33. The van der Waals surface area contributed by atoms with E-state index in [2.05, 4.69) is 16.7 Å². The van der Waals surface area contributed by atoms with Gasteiger partial charge in [-0.1, -0.05) is 12.8 Å². The van der Waals surface area contributed by atoms with Gasteiger partial charge in [0.15, 0.2) is 0 Å². The molecule has 0 bridgehead atoms. The summed E-state index contributed by atoms with van der Waals surface area (Å²) >= 11 is 2.16. The molecule has 0 aromatic carbocycles. The van der Waals surface area contributed by atoms with Crippen LogP contribution in [0.4, 0.5) is 0 Å². The van der Waals surface area contributed by atoms with Gasteiger partial charge < -0.3 is 5.11 Å². The molecule has 1 aliphatic carbocycles. The standard InChI is InChI=1S/C13H23NO2S/c15-13(16)7-3-4-8-14-9-10-17-12-6-2-1-5-11(12)14/h11-12H,1-10H2,(H,15,16). The van der Waals surface area contributed by atoms with Gasteiger partial charge in [0.2, 0.25) is 0 Å². The minimum atomic E-state index is -0.658. The van der Waals surface area contributed by atoms with Crippen LogP contribution in [0.2, 0.25) is 0 Å². The maximum atomic E-state index is 10.5. The van der Waals surface area contributed by atoms with Crippen LogP contribution in [0.15, 0.2) is 0 Å². The number of carboxylic acid groups (broad SMARTS) is 1. The topological polar surface area (TPSA) is 40.5 Å². The number of fused-ring (bicyclic) bond motifs is 1. The smallest absolute Gasteiger partial charge is 0.303 e. The highest BCUT2D eigenvalue weighted by molar-refractivity contribution is 8.00. The van der Waals surface area contributed by atoms with E-state index in [-0.39, 0.29) is 0 Å². The third-order valence-corrected chi connectivity index (χ3v) is 5.33. The Morgan fingerprint density at radius 2 is 2.12 bits per heavy atom. The molecular formula is C13H23NO2S. The minimum absolute atomic E-state index is 0.330. The largest absolute Gasteiger partial charge is 0.481 e. The van der Waals surface area contributed by atoms with E-state index in [9.17, 15) is 4.79 Å². The van der Waals surface area contributed by atoms with Crippen molar-refractivity contribution in [3.63, 3.8) is 0 Å². The molecular weight excluding hydrogens is 234 g/mol. The molecule has 17 heavy (non-hydrogen) atoms. The quantitative estimate of drug-likeness (QED) is 0.769. The number of carbonyl (C=O) groups is 1. The zero-order valence-corrected chi connectivity index (χ0v) is 11.3. The summed E-state index contributed by atoms with van der Waals surface area (Å²) in [6.45, 7) is 2.31. The van der Waals surface area contributed by atoms with Crippen LogP contribution in [0.5, 0.6) is 0 Å². The van der Waals surface area contributed by atoms with Crippen molar-refractivity contribution in [2.45, 2.75) is 56.2 Å². The van der Waals surface area contributed by atoms with Gasteiger partial charge in [-0.2, -0.15) is 11.8 Å². The third kappa shape index (κ3) is 3.88. The summed E-state index contributed by atoms with van der Waals surface area (Å²) < 4.78 is 0. The lowest BCUT2D eigenvalue weighted by molar-refractivity contribution is -0.137. The van der Waals surface area contributed by atoms with E-state index in [1.807, 2.05) is 0 Å². The molecule has 2 atom stereocenters. The predicted octanol–water partition coefficient (Wildman–Crippen LogP) is 2.60. The Morgan fingerprint density at radius 3 is 2.94 bits per heavy atom. The van der Waals surface area contributed by atoms with Crippen molar-refractivity contribution in [1.82, 2.24) is 4.90 Å². The van der Waals surface area contributed by atoms with Crippen molar-refractivity contribution >= 4 is 17.7 Å². The highest BCUT2D eigenvalue weighted by Crippen LogP contribution is 2.35. The van der Waals surface area contributed by atoms with E-state index in [1.165, 1.54) is 38.0 Å². The maximum absolute atomic E-state index is 10.5. The molecule has 0 amide bonds. The number of aliphatic carboxylic acids is 1. The second-order valence-electron chi connectivity index (χ2n) is 5.15. The average Bonchev–Trinajstić information content (AvgIpc) is 2.34. The number of carboxylic acids is 1. The summed E-state index contributed by atoms with van der Waals surface area (Å²) in [7, 11) is 0. The molecule has 1 saturated heterocycles. The lowest BCUT2D eigenvalue weighted by Crippen LogP contribution is -2.49. The molecule has 3 nitrogen and oxygen atoms in total. The zero-order chi connectivity index (χ0) is 12.1. The van der Waals surface area contributed by atoms with Crippen molar-refractivity contribution in [3.8, 4) is 0 Å². The molecule has 2 unspecified atom stereocenters. The zero-order valence-electron chi connectivity index (χ0n) is 10.4. The summed E-state index contributed by atoms with van der Waals surface area (Å²) in [6.07, 6.45) is 7.74. The van der Waals surface area contributed by atoms with Crippen LogP contribution in [0.1, 0.15) is 44.9 Å². The Balaban J connectivity index is 1.73. The molecule has 2 rings (SSSR count). The fourth-order valence-corrected chi connectivity index (χ4v) is 4.55. The molecule has 0 aromatic rings. The lowest BCUT2D eigenvalue weighted by Gasteiger charge is -2.43. The van der Waals surface area contributed by atoms with Gasteiger partial charge in [-0.25, -0.2) is 0 Å². The van der Waals surface area contributed by atoms with Crippen molar-refractivity contribution in [3.05, 3.63) is 0 Å². The highest BCUT2D eigenvalue weighted by atomic mass is 32.2. The molecule has 98 valence electrons. The Hall–Kier alpha value is -0.220. The maximum Gasteiger partial charge on any atom is 0.303 e. The van der Waals surface area contributed by atoms with Crippen LogP contribution >= 0.6 is 11.8 Å². The monoisotopic (exact) mass is 257 g/mol. The fraction of sp³-hybridized carbons (Fsp3) is 0.923. The molecule has 0 aromatic heterocycles. The van der Waals surface area contributed by atoms with Crippen LogP contribution in [0, 0.1) is 0 Å². The van der Waals surface area contributed by atoms with Gasteiger partial charge in [-0.05, 0) is 32.2 Å². The Kier molecular flexibility index (Phi) is 5.16. The van der Waals surface area contributed by atoms with E-state index in [0.717, 1.165) is 30.7 Å². The van der Waals surface area contributed by atoms with Crippen LogP contribution in [-0.2, 0) is 4.79 Å². The summed E-state index contributed by atoms with van der Waals surface area (Å²) in [5, 5.41) is 9.48. The van der Waals surface area contributed by atoms with Crippen LogP contribution in [0.3, 0.4) is 0 Å². The minimum Gasteiger partial charge on any atom is -0.481 e. The molecule has 4 heteroatoms. The molecule has 1 N–H and O–H groups in total. The van der Waals surface area contributed by atoms with Crippen molar-refractivity contribution in [2.24, 2.45) is 0 Å². The first-order valence-electron chi connectivity index (χ1n) is 6.85. The second kappa shape index (κ2) is 6.64. The first-order chi connectivity index (χ1) is 8.27. The fourth-order valence-electron chi connectivity index (χ4n) is 3.05. The van der Waals surface area contributed by atoms with E-state index < -0.39 is 5.97 Å². The first-order valence-corrected chi connectivity index (χ1v) is 7.89. The van der Waals surface area contributed by atoms with Gasteiger partial charge in [-0.15, -0.1) is 0 Å². The molecule has 1 heterocycles. The Labute approximate surface area is 108 Å². The van der Waals surface area contributed by atoms with E-state index in [0.29, 0.717) is 6.42 Å². The van der Waals surface area contributed by atoms with E-state index in [4.69, 9.17) is 5.11 Å². The lowest BCUT2D eigenvalue weighted by atomic mass is 9.93. The van der Waals surface area contributed by atoms with Gasteiger partial charge in [0.1, 0.15) is 0 Å². The van der Waals surface area contributed by atoms with Crippen LogP contribution < -0.4 is 0 Å². The normalized spacial score (nSPS) is 29.9. The number of thioether (sulfide) groups is 1. The molecule has 2 aliphatic rings. The third-order valence-electron chi connectivity index (χ3n) is 3.93. The average molecular weight is 257 g/mol. The molecule has 2 fully saturated rings. The van der Waals surface area contributed by atoms with Crippen molar-refractivity contribution in [1.29, 1.82) is 0 Å². The number of hydrogen-bond acceptors (Lipinski definition) is 3. The van der Waals surface area contributed by atoms with Crippen LogP contribution in [-0.4, -0.2) is 46.1 Å². The molecule has 1 saturated carbocycles. The summed E-state index contributed by atoms with van der Waals surface area (Å²) in [4.78, 5) is 13.1. The van der Waals surface area contributed by atoms with Crippen LogP contribution in [0.25, 0.3) is 0 Å². The van der Waals surface area contributed by atoms with Gasteiger partial charge in [0, 0.05) is 30.0 Å². The van der Waals surface area contributed by atoms with Gasteiger partial charge in [-0.3, -0.25) is 9.69 Å². The number of unbranched alkanes of at least 4 members (excludes halogenated alkanes) is 1. The second-order valence-corrected chi connectivity index (χ2v) is 6.49. The molecule has 0 spiro atoms. The Morgan fingerprint density at radius 1 is 1.29 bits per heavy atom. The SMILES string of the molecule is O=C(O)CCCCN1CCSC2CCCCC21. The molecule has 1 aliphatic heterocycles. The van der Waals surface area contributed by atoms with E-state index in [1.54, 1.807) is 0 Å². The van der Waals surface area contributed by atoms with Gasteiger partial charge in [0.05, 0.1) is 0 Å². The van der Waals surface area contributed by atoms with Gasteiger partial charge >= 0.3 is 5.97 Å². The van der Waals surface area contributed by atoms with Crippen molar-refractivity contribution in [2.75, 3.05) is 18.8 Å². The van der Waals surface area contributed by atoms with Crippen molar-refractivity contribution < 1.29 is 9.90 Å². The van der Waals surface area contributed by atoms with E-state index >= 15 is 0 Å². The summed E-state index contributed by atoms with van der Waals surface area (Å²) in [5.41, 5.74) is 0. The predicted molar refractivity (Wildman–Crippen MR) is 71.6 cm³/mol. The number of rotatable bonds is 5. The molecule has 0 radical (unpaired) electrons. The van der Waals surface area contributed by atoms with Gasteiger partial charge in [0.25, 0.3) is 0 Å². The summed E-state index contributed by atoms with van der Waals surface area (Å²) in [6, 6.07) is 0.785. The summed E-state index contributed by atoms with van der Waals surface area (Å²) in [5.74, 6) is 0.606. The first kappa shape index (κ1) is 13.2. The number of hydrogen-bond donors (Lipinski definition) is 1. The number of nitrogens with zero attached hydrogens (tertiary/aromatic N) is 1.